The average Bonchev–Trinajstić information content (AvgIpc) is 3.22. The minimum atomic E-state index is -4.53. The number of Topliss-reactive ketones (excluding diaryl/α,β-unsaturated/α-hetero) is 1. The number of carbonyl (C=O) groups is 2. The lowest BCUT2D eigenvalue weighted by atomic mass is 9.60. The molecule has 2 fully saturated rings. The number of benzene rings is 1. The van der Waals surface area contributed by atoms with E-state index < -0.39 is 76.0 Å². The van der Waals surface area contributed by atoms with Crippen molar-refractivity contribution in [3.63, 3.8) is 0 Å². The quantitative estimate of drug-likeness (QED) is 0.413. The molecule has 0 amide bonds. The second-order valence-electron chi connectivity index (χ2n) is 11.8. The summed E-state index contributed by atoms with van der Waals surface area (Å²) in [6, 6.07) is 3.84. The molecule has 9 heteroatoms. The summed E-state index contributed by atoms with van der Waals surface area (Å²) in [6.45, 7) is 6.78. The number of halogens is 3. The first-order chi connectivity index (χ1) is 17.0. The lowest BCUT2D eigenvalue weighted by Gasteiger charge is -2.50. The number of aliphatic hydroxyl groups is 3. The number of alkyl halides is 3. The molecule has 5 rings (SSSR count). The van der Waals surface area contributed by atoms with Gasteiger partial charge in [-0.2, -0.15) is 13.2 Å². The molecule has 0 radical (unpaired) electrons. The van der Waals surface area contributed by atoms with E-state index in [1.807, 2.05) is 13.8 Å². The molecule has 2 saturated carbocycles. The van der Waals surface area contributed by atoms with Crippen molar-refractivity contribution in [2.75, 3.05) is 6.61 Å². The van der Waals surface area contributed by atoms with Crippen molar-refractivity contribution in [1.29, 1.82) is 0 Å². The Kier molecular flexibility index (Phi) is 5.49. The SMILES string of the molecule is CC1=C[C@H]2[C@@]3(O)[C@H](C)C[C@]4(OC(=O)c5ccc(C(F)(F)F)cc5)[C@@H]([C@@H]3C=C(CO)C[C@]2(O)C1=O)C4(C)C. The topological polar surface area (TPSA) is 104 Å². The molecule has 0 spiro atoms. The summed E-state index contributed by atoms with van der Waals surface area (Å²) in [4.78, 5) is 26.1. The van der Waals surface area contributed by atoms with Crippen LogP contribution in [0.5, 0.6) is 0 Å². The summed E-state index contributed by atoms with van der Waals surface area (Å²) in [5.41, 5.74) is -5.20. The summed E-state index contributed by atoms with van der Waals surface area (Å²) in [5, 5.41) is 33.9. The number of hydrogen-bond donors (Lipinski definition) is 3. The Balaban J connectivity index is 1.53. The Morgan fingerprint density at radius 1 is 1.14 bits per heavy atom. The van der Waals surface area contributed by atoms with Crippen molar-refractivity contribution >= 4 is 11.8 Å². The highest BCUT2D eigenvalue weighted by Gasteiger charge is 2.83. The number of esters is 1. The minimum Gasteiger partial charge on any atom is -0.455 e. The molecule has 4 aliphatic carbocycles. The second-order valence-corrected chi connectivity index (χ2v) is 11.8. The van der Waals surface area contributed by atoms with Gasteiger partial charge >= 0.3 is 12.1 Å². The standard InChI is InChI=1S/C28H31F3O6/c1-14-9-20-25(35,22(14)33)12-16(13-32)10-19-21-24(3,4)26(21,11-15(2)27(19,20)36)37-23(34)17-5-7-18(8-6-17)28(29,30)31/h5-10,15,19-21,32,35-36H,11-13H2,1-4H3/t15-,19+,20-,21+,25-,26+,27-/m1/s1. The molecule has 0 aliphatic heterocycles. The molecule has 200 valence electrons. The molecule has 0 unspecified atom stereocenters. The maximum atomic E-state index is 13.1. The summed E-state index contributed by atoms with van der Waals surface area (Å²) in [6.07, 6.45) is -1.06. The van der Waals surface area contributed by atoms with E-state index >= 15 is 0 Å². The van der Waals surface area contributed by atoms with Crippen LogP contribution in [0, 0.1) is 29.1 Å². The fraction of sp³-hybridized carbons (Fsp3) is 0.571. The Morgan fingerprint density at radius 3 is 2.32 bits per heavy atom. The number of hydrogen-bond acceptors (Lipinski definition) is 6. The molecular weight excluding hydrogens is 489 g/mol. The van der Waals surface area contributed by atoms with Crippen LogP contribution in [-0.2, 0) is 15.7 Å². The maximum absolute atomic E-state index is 13.1. The fourth-order valence-corrected chi connectivity index (χ4v) is 7.62. The summed E-state index contributed by atoms with van der Waals surface area (Å²) < 4.78 is 44.9. The smallest absolute Gasteiger partial charge is 0.416 e. The first-order valence-corrected chi connectivity index (χ1v) is 12.4. The van der Waals surface area contributed by atoms with E-state index in [1.54, 1.807) is 26.0 Å². The molecule has 7 atom stereocenters. The average molecular weight is 521 g/mol. The van der Waals surface area contributed by atoms with Crippen molar-refractivity contribution < 1.29 is 42.8 Å². The Hall–Kier alpha value is -2.49. The molecule has 4 aliphatic rings. The number of ether oxygens (including phenoxy) is 1. The highest BCUT2D eigenvalue weighted by Crippen LogP contribution is 2.76. The maximum Gasteiger partial charge on any atom is 0.416 e. The van der Waals surface area contributed by atoms with E-state index in [0.717, 1.165) is 24.3 Å². The van der Waals surface area contributed by atoms with E-state index in [0.29, 0.717) is 11.1 Å². The monoisotopic (exact) mass is 520 g/mol. The van der Waals surface area contributed by atoms with Crippen LogP contribution in [0.2, 0.25) is 0 Å². The van der Waals surface area contributed by atoms with Crippen molar-refractivity contribution in [2.45, 2.75) is 63.5 Å². The molecule has 1 aromatic rings. The molecule has 0 heterocycles. The second kappa shape index (κ2) is 7.77. The lowest BCUT2D eigenvalue weighted by Crippen LogP contribution is -2.61. The van der Waals surface area contributed by atoms with Gasteiger partial charge in [-0.15, -0.1) is 0 Å². The molecule has 37 heavy (non-hydrogen) atoms. The van der Waals surface area contributed by atoms with Crippen molar-refractivity contribution in [2.24, 2.45) is 29.1 Å². The van der Waals surface area contributed by atoms with Gasteiger partial charge < -0.3 is 20.1 Å². The van der Waals surface area contributed by atoms with Gasteiger partial charge in [0.05, 0.1) is 23.3 Å². The van der Waals surface area contributed by atoms with E-state index in [1.165, 1.54) is 0 Å². The van der Waals surface area contributed by atoms with Gasteiger partial charge in [0.15, 0.2) is 5.78 Å². The summed E-state index contributed by atoms with van der Waals surface area (Å²) >= 11 is 0. The number of carbonyl (C=O) groups excluding carboxylic acids is 2. The van der Waals surface area contributed by atoms with E-state index in [4.69, 9.17) is 4.74 Å². The van der Waals surface area contributed by atoms with Gasteiger partial charge in [-0.1, -0.05) is 32.9 Å². The highest BCUT2D eigenvalue weighted by molar-refractivity contribution is 6.04. The minimum absolute atomic E-state index is 0.0147. The highest BCUT2D eigenvalue weighted by atomic mass is 19.4. The Morgan fingerprint density at radius 2 is 1.76 bits per heavy atom. The first-order valence-electron chi connectivity index (χ1n) is 12.4. The van der Waals surface area contributed by atoms with Crippen LogP contribution >= 0.6 is 0 Å². The fourth-order valence-electron chi connectivity index (χ4n) is 7.62. The number of rotatable bonds is 3. The van der Waals surface area contributed by atoms with Crippen molar-refractivity contribution in [1.82, 2.24) is 0 Å². The van der Waals surface area contributed by atoms with Gasteiger partial charge in [-0.05, 0) is 54.7 Å². The van der Waals surface area contributed by atoms with Crippen LogP contribution in [0.25, 0.3) is 0 Å². The Labute approximate surface area is 212 Å². The molecule has 3 N–H and O–H groups in total. The third-order valence-corrected chi connectivity index (χ3v) is 9.60. The third-order valence-electron chi connectivity index (χ3n) is 9.60. The van der Waals surface area contributed by atoms with Crippen molar-refractivity contribution in [3.05, 3.63) is 58.7 Å². The first kappa shape index (κ1) is 26.1. The van der Waals surface area contributed by atoms with Crippen LogP contribution in [0.4, 0.5) is 13.2 Å². The summed E-state index contributed by atoms with van der Waals surface area (Å²) in [5.74, 6) is -3.73. The van der Waals surface area contributed by atoms with Crippen LogP contribution < -0.4 is 0 Å². The third kappa shape index (κ3) is 3.36. The number of fused-ring (bicyclic) bond motifs is 5. The van der Waals surface area contributed by atoms with Gasteiger partial charge in [-0.25, -0.2) is 4.79 Å². The van der Waals surface area contributed by atoms with Crippen LogP contribution in [0.3, 0.4) is 0 Å². The normalized spacial score (nSPS) is 40.0. The van der Waals surface area contributed by atoms with E-state index in [-0.39, 0.29) is 18.4 Å². The van der Waals surface area contributed by atoms with Crippen LogP contribution in [0.1, 0.15) is 56.5 Å². The van der Waals surface area contributed by atoms with Gasteiger partial charge in [0.1, 0.15) is 11.2 Å². The predicted octanol–water partition coefficient (Wildman–Crippen LogP) is 3.84. The van der Waals surface area contributed by atoms with E-state index in [2.05, 4.69) is 0 Å². The molecule has 6 nitrogen and oxygen atoms in total. The Bertz CT molecular complexity index is 1230. The van der Waals surface area contributed by atoms with Crippen molar-refractivity contribution in [3.8, 4) is 0 Å². The molecule has 0 bridgehead atoms. The summed E-state index contributed by atoms with van der Waals surface area (Å²) in [7, 11) is 0. The zero-order valence-electron chi connectivity index (χ0n) is 21.1. The number of aliphatic hydroxyl groups excluding tert-OH is 1. The molecule has 0 saturated heterocycles. The van der Waals surface area contributed by atoms with Gasteiger partial charge in [0.2, 0.25) is 0 Å². The lowest BCUT2D eigenvalue weighted by molar-refractivity contribution is -0.177. The van der Waals surface area contributed by atoms with Gasteiger partial charge in [0, 0.05) is 29.6 Å². The zero-order chi connectivity index (χ0) is 27.3. The number of ketones is 1. The van der Waals surface area contributed by atoms with Crippen LogP contribution in [0.15, 0.2) is 47.6 Å². The molecule has 1 aromatic carbocycles. The molecular formula is C28H31F3O6. The zero-order valence-corrected chi connectivity index (χ0v) is 21.1. The largest absolute Gasteiger partial charge is 0.455 e. The van der Waals surface area contributed by atoms with Gasteiger partial charge in [0.25, 0.3) is 0 Å². The predicted molar refractivity (Wildman–Crippen MR) is 126 cm³/mol. The van der Waals surface area contributed by atoms with E-state index in [9.17, 15) is 38.1 Å². The van der Waals surface area contributed by atoms with Crippen LogP contribution in [-0.4, -0.2) is 50.5 Å². The molecule has 0 aromatic heterocycles. The van der Waals surface area contributed by atoms with Gasteiger partial charge in [-0.3, -0.25) is 4.79 Å².